The molecule has 0 N–H and O–H groups in total. The maximum Gasteiger partial charge on any atom is 0.255 e. The second-order valence-electron chi connectivity index (χ2n) is 5.37. The smallest absolute Gasteiger partial charge is 0.255 e. The number of nitrogens with zero attached hydrogens (tertiary/aromatic N) is 2. The Morgan fingerprint density at radius 1 is 1.35 bits per heavy atom. The van der Waals surface area contributed by atoms with Crippen LogP contribution in [0.1, 0.15) is 28.8 Å². The Bertz CT molecular complexity index is 543. The van der Waals surface area contributed by atoms with Gasteiger partial charge in [-0.2, -0.15) is 0 Å². The van der Waals surface area contributed by atoms with Crippen molar-refractivity contribution in [2.45, 2.75) is 25.8 Å². The normalized spacial score (nSPS) is 18.2. The highest BCUT2D eigenvalue weighted by atomic mass is 79.9. The lowest BCUT2D eigenvalue weighted by atomic mass is 10.1. The van der Waals surface area contributed by atoms with Crippen LogP contribution in [0.25, 0.3) is 0 Å². The monoisotopic (exact) mass is 338 g/mol. The molecule has 0 aliphatic carbocycles. The predicted molar refractivity (Wildman–Crippen MR) is 81.6 cm³/mol. The number of halogens is 1. The number of rotatable bonds is 2. The van der Waals surface area contributed by atoms with Gasteiger partial charge in [-0.1, -0.05) is 6.07 Å². The number of carbonyl (C=O) groups is 2. The predicted octanol–water partition coefficient (Wildman–Crippen LogP) is 2.45. The quantitative estimate of drug-likeness (QED) is 0.830. The second kappa shape index (κ2) is 5.95. The molecule has 0 saturated carbocycles. The Balaban J connectivity index is 2.25. The van der Waals surface area contributed by atoms with Gasteiger partial charge < -0.3 is 9.80 Å². The van der Waals surface area contributed by atoms with Gasteiger partial charge in [-0.3, -0.25) is 9.59 Å². The molecule has 5 heteroatoms. The molecule has 0 bridgehead atoms. The SMILES string of the molecule is Cc1ccc(C(=O)N2CCCC2C(=O)N(C)C)c(Br)c1. The first-order chi connectivity index (χ1) is 9.41. The maximum absolute atomic E-state index is 12.6. The number of hydrogen-bond donors (Lipinski definition) is 0. The molecule has 0 spiro atoms. The van der Waals surface area contributed by atoms with Crippen molar-refractivity contribution < 1.29 is 9.59 Å². The third kappa shape index (κ3) is 2.87. The van der Waals surface area contributed by atoms with Gasteiger partial charge in [0.15, 0.2) is 0 Å². The fraction of sp³-hybridized carbons (Fsp3) is 0.467. The van der Waals surface area contributed by atoms with E-state index in [4.69, 9.17) is 0 Å². The molecule has 1 fully saturated rings. The summed E-state index contributed by atoms with van der Waals surface area (Å²) in [4.78, 5) is 28.0. The Morgan fingerprint density at radius 2 is 2.05 bits per heavy atom. The van der Waals surface area contributed by atoms with Crippen molar-refractivity contribution in [2.24, 2.45) is 0 Å². The summed E-state index contributed by atoms with van der Waals surface area (Å²) in [6, 6.07) is 5.32. The van der Waals surface area contributed by atoms with Crippen molar-refractivity contribution in [3.63, 3.8) is 0 Å². The molecule has 1 heterocycles. The Hall–Kier alpha value is -1.36. The zero-order valence-corrected chi connectivity index (χ0v) is 13.6. The highest BCUT2D eigenvalue weighted by molar-refractivity contribution is 9.10. The standard InChI is InChI=1S/C15H19BrN2O2/c1-10-6-7-11(12(16)9-10)14(19)18-8-4-5-13(18)15(20)17(2)3/h6-7,9,13H,4-5,8H2,1-3H3. The van der Waals surface area contributed by atoms with Crippen LogP contribution in [0.15, 0.2) is 22.7 Å². The zero-order chi connectivity index (χ0) is 14.9. The van der Waals surface area contributed by atoms with Crippen molar-refractivity contribution in [3.8, 4) is 0 Å². The topological polar surface area (TPSA) is 40.6 Å². The highest BCUT2D eigenvalue weighted by Crippen LogP contribution is 2.25. The average molecular weight is 339 g/mol. The molecule has 1 unspecified atom stereocenters. The molecule has 1 aliphatic heterocycles. The van der Waals surface area contributed by atoms with Crippen LogP contribution in [0, 0.1) is 6.92 Å². The van der Waals surface area contributed by atoms with E-state index in [-0.39, 0.29) is 17.9 Å². The summed E-state index contributed by atoms with van der Waals surface area (Å²) < 4.78 is 0.783. The van der Waals surface area contributed by atoms with Crippen LogP contribution in [-0.4, -0.2) is 48.3 Å². The number of aryl methyl sites for hydroxylation is 1. The number of hydrogen-bond acceptors (Lipinski definition) is 2. The van der Waals surface area contributed by atoms with Crippen LogP contribution in [0.2, 0.25) is 0 Å². The minimum atomic E-state index is -0.328. The minimum absolute atomic E-state index is 0.000848. The summed E-state index contributed by atoms with van der Waals surface area (Å²) >= 11 is 3.44. The van der Waals surface area contributed by atoms with Crippen LogP contribution >= 0.6 is 15.9 Å². The third-order valence-corrected chi connectivity index (χ3v) is 4.25. The molecular weight excluding hydrogens is 320 g/mol. The number of likely N-dealkylation sites (N-methyl/N-ethyl adjacent to an activating group) is 1. The van der Waals surface area contributed by atoms with Crippen LogP contribution in [0.4, 0.5) is 0 Å². The van der Waals surface area contributed by atoms with Crippen LogP contribution in [-0.2, 0) is 4.79 Å². The summed E-state index contributed by atoms with van der Waals surface area (Å²) in [6.45, 7) is 2.62. The lowest BCUT2D eigenvalue weighted by molar-refractivity contribution is -0.132. The summed E-state index contributed by atoms with van der Waals surface area (Å²) in [6.07, 6.45) is 1.62. The number of carbonyl (C=O) groups excluding carboxylic acids is 2. The van der Waals surface area contributed by atoms with Gasteiger partial charge in [0.2, 0.25) is 5.91 Å². The molecule has 0 aromatic heterocycles. The van der Waals surface area contributed by atoms with E-state index in [0.717, 1.165) is 22.9 Å². The van der Waals surface area contributed by atoms with E-state index in [1.54, 1.807) is 23.9 Å². The van der Waals surface area contributed by atoms with Gasteiger partial charge in [0.25, 0.3) is 5.91 Å². The van der Waals surface area contributed by atoms with Crippen molar-refractivity contribution in [1.29, 1.82) is 0 Å². The first-order valence-corrected chi connectivity index (χ1v) is 7.49. The van der Waals surface area contributed by atoms with E-state index in [0.29, 0.717) is 12.1 Å². The first-order valence-electron chi connectivity index (χ1n) is 6.70. The third-order valence-electron chi connectivity index (χ3n) is 3.59. The van der Waals surface area contributed by atoms with E-state index in [2.05, 4.69) is 15.9 Å². The van der Waals surface area contributed by atoms with Crippen molar-refractivity contribution in [2.75, 3.05) is 20.6 Å². The summed E-state index contributed by atoms with van der Waals surface area (Å²) in [5, 5.41) is 0. The number of amides is 2. The zero-order valence-electron chi connectivity index (χ0n) is 12.0. The second-order valence-corrected chi connectivity index (χ2v) is 6.23. The average Bonchev–Trinajstić information content (AvgIpc) is 2.86. The maximum atomic E-state index is 12.6. The van der Waals surface area contributed by atoms with Crippen molar-refractivity contribution in [1.82, 2.24) is 9.80 Å². The van der Waals surface area contributed by atoms with Crippen LogP contribution in [0.5, 0.6) is 0 Å². The molecule has 4 nitrogen and oxygen atoms in total. The first kappa shape index (κ1) is 15.0. The molecule has 1 atom stereocenters. The van der Waals surface area contributed by atoms with Gasteiger partial charge in [-0.05, 0) is 53.4 Å². The summed E-state index contributed by atoms with van der Waals surface area (Å²) in [5.41, 5.74) is 1.71. The van der Waals surface area contributed by atoms with Crippen molar-refractivity contribution in [3.05, 3.63) is 33.8 Å². The fourth-order valence-corrected chi connectivity index (χ4v) is 3.18. The molecule has 1 aromatic carbocycles. The van der Waals surface area contributed by atoms with Crippen LogP contribution < -0.4 is 0 Å². The largest absolute Gasteiger partial charge is 0.347 e. The Kier molecular flexibility index (Phi) is 4.48. The van der Waals surface area contributed by atoms with E-state index < -0.39 is 0 Å². The van der Waals surface area contributed by atoms with Gasteiger partial charge in [0, 0.05) is 25.1 Å². The Labute approximate surface area is 127 Å². The van der Waals surface area contributed by atoms with Gasteiger partial charge in [-0.15, -0.1) is 0 Å². The number of likely N-dealkylation sites (tertiary alicyclic amines) is 1. The molecule has 1 aliphatic rings. The van der Waals surface area contributed by atoms with Gasteiger partial charge in [0.1, 0.15) is 6.04 Å². The van der Waals surface area contributed by atoms with E-state index in [9.17, 15) is 9.59 Å². The molecule has 20 heavy (non-hydrogen) atoms. The van der Waals surface area contributed by atoms with Gasteiger partial charge >= 0.3 is 0 Å². The van der Waals surface area contributed by atoms with Gasteiger partial charge in [0.05, 0.1) is 5.56 Å². The molecule has 1 aromatic rings. The molecule has 1 saturated heterocycles. The lowest BCUT2D eigenvalue weighted by Crippen LogP contribution is -2.45. The van der Waals surface area contributed by atoms with E-state index >= 15 is 0 Å². The fourth-order valence-electron chi connectivity index (χ4n) is 2.51. The van der Waals surface area contributed by atoms with Gasteiger partial charge in [-0.25, -0.2) is 0 Å². The number of benzene rings is 1. The van der Waals surface area contributed by atoms with E-state index in [1.165, 1.54) is 0 Å². The summed E-state index contributed by atoms with van der Waals surface area (Å²) in [5.74, 6) is -0.0753. The molecule has 2 amide bonds. The highest BCUT2D eigenvalue weighted by Gasteiger charge is 2.35. The lowest BCUT2D eigenvalue weighted by Gasteiger charge is -2.26. The Morgan fingerprint density at radius 3 is 2.65 bits per heavy atom. The van der Waals surface area contributed by atoms with E-state index in [1.807, 2.05) is 25.1 Å². The van der Waals surface area contributed by atoms with Crippen LogP contribution in [0.3, 0.4) is 0 Å². The molecule has 2 rings (SSSR count). The molecular formula is C15H19BrN2O2. The molecule has 0 radical (unpaired) electrons. The minimum Gasteiger partial charge on any atom is -0.347 e. The molecule has 108 valence electrons. The summed E-state index contributed by atoms with van der Waals surface area (Å²) in [7, 11) is 3.45. The van der Waals surface area contributed by atoms with Crippen molar-refractivity contribution >= 4 is 27.7 Å².